The zero-order valence-corrected chi connectivity index (χ0v) is 20.1. The molecule has 10 heteroatoms. The Bertz CT molecular complexity index is 1490. The molecule has 3 aromatic heterocycles. The van der Waals surface area contributed by atoms with Gasteiger partial charge in [-0.1, -0.05) is 36.4 Å². The van der Waals surface area contributed by atoms with Crippen molar-refractivity contribution in [1.82, 2.24) is 24.0 Å². The van der Waals surface area contributed by atoms with E-state index in [2.05, 4.69) is 9.50 Å². The summed E-state index contributed by atoms with van der Waals surface area (Å²) in [6.45, 7) is 2.43. The number of likely N-dealkylation sites (tertiary alicyclic amines) is 2. The summed E-state index contributed by atoms with van der Waals surface area (Å²) < 4.78 is 3.37. The first-order valence-corrected chi connectivity index (χ1v) is 12.4. The number of pyridine rings is 1. The van der Waals surface area contributed by atoms with Gasteiger partial charge in [0.25, 0.3) is 5.91 Å². The summed E-state index contributed by atoms with van der Waals surface area (Å²) in [6, 6.07) is 17.9. The molecule has 10 nitrogen and oxygen atoms in total. The number of fused-ring (bicyclic) bond motifs is 2. The number of rotatable bonds is 5. The monoisotopic (exact) mass is 498 g/mol. The molecule has 4 aromatic rings. The van der Waals surface area contributed by atoms with Crippen LogP contribution in [0.1, 0.15) is 16.8 Å². The van der Waals surface area contributed by atoms with Gasteiger partial charge in [-0.15, -0.1) is 0 Å². The molecule has 6 rings (SSSR count). The minimum atomic E-state index is -0.527. The number of nitro groups is 1. The molecule has 188 valence electrons. The summed E-state index contributed by atoms with van der Waals surface area (Å²) in [6.07, 6.45) is 5.24. The Labute approximate surface area is 212 Å². The largest absolute Gasteiger partial charge is 0.340 e. The number of nitrogens with zero attached hydrogens (tertiary/aromatic N) is 6. The van der Waals surface area contributed by atoms with Gasteiger partial charge in [0.1, 0.15) is 18.9 Å². The van der Waals surface area contributed by atoms with E-state index in [0.29, 0.717) is 37.7 Å². The first kappa shape index (κ1) is 23.0. The highest BCUT2D eigenvalue weighted by molar-refractivity contribution is 6.03. The van der Waals surface area contributed by atoms with Crippen LogP contribution in [0.25, 0.3) is 16.8 Å². The SMILES string of the molecule is O=C(Cn1cc([N+](=O)[O-])cn1)N1C[C@H]2CCN(C(=O)c3cc(-c4ccccc4)n4ccccc34)C[C@H]2C1. The number of carbonyl (C=O) groups excluding carboxylic acids is 2. The predicted octanol–water partition coefficient (Wildman–Crippen LogP) is 3.33. The zero-order chi connectivity index (χ0) is 25.5. The fraction of sp³-hybridized carbons (Fsp3) is 0.296. The molecule has 2 aliphatic heterocycles. The number of hydrogen-bond donors (Lipinski definition) is 0. The van der Waals surface area contributed by atoms with Gasteiger partial charge < -0.3 is 14.2 Å². The van der Waals surface area contributed by atoms with Gasteiger partial charge in [-0.2, -0.15) is 5.10 Å². The molecule has 1 aromatic carbocycles. The Balaban J connectivity index is 1.17. The minimum absolute atomic E-state index is 0.0120. The highest BCUT2D eigenvalue weighted by Gasteiger charge is 2.40. The van der Waals surface area contributed by atoms with Crippen molar-refractivity contribution in [3.05, 3.63) is 88.9 Å². The lowest BCUT2D eigenvalue weighted by Crippen LogP contribution is -2.43. The molecule has 2 aliphatic rings. The fourth-order valence-electron chi connectivity index (χ4n) is 5.65. The van der Waals surface area contributed by atoms with Crippen LogP contribution in [0.5, 0.6) is 0 Å². The fourth-order valence-corrected chi connectivity index (χ4v) is 5.65. The Kier molecular flexibility index (Phi) is 5.71. The normalized spacial score (nSPS) is 19.2. The minimum Gasteiger partial charge on any atom is -0.340 e. The van der Waals surface area contributed by atoms with Crippen LogP contribution < -0.4 is 0 Å². The van der Waals surface area contributed by atoms with Crippen molar-refractivity contribution in [2.45, 2.75) is 13.0 Å². The van der Waals surface area contributed by atoms with Crippen molar-refractivity contribution in [3.8, 4) is 11.3 Å². The lowest BCUT2D eigenvalue weighted by Gasteiger charge is -2.34. The number of benzene rings is 1. The molecule has 0 N–H and O–H groups in total. The Hall–Kier alpha value is -4.47. The number of piperidine rings is 1. The molecular weight excluding hydrogens is 472 g/mol. The van der Waals surface area contributed by atoms with E-state index in [9.17, 15) is 19.7 Å². The average molecular weight is 499 g/mol. The third-order valence-corrected chi connectivity index (χ3v) is 7.55. The van der Waals surface area contributed by atoms with Gasteiger partial charge in [-0.25, -0.2) is 0 Å². The molecule has 5 heterocycles. The summed E-state index contributed by atoms with van der Waals surface area (Å²) in [5.41, 5.74) is 3.46. The summed E-state index contributed by atoms with van der Waals surface area (Å²) in [5.74, 6) is 0.441. The van der Waals surface area contributed by atoms with Crippen molar-refractivity contribution < 1.29 is 14.5 Å². The summed E-state index contributed by atoms with van der Waals surface area (Å²) in [4.78, 5) is 40.7. The van der Waals surface area contributed by atoms with Crippen molar-refractivity contribution in [2.75, 3.05) is 26.2 Å². The number of carbonyl (C=O) groups is 2. The number of aromatic nitrogens is 3. The smallest absolute Gasteiger partial charge is 0.307 e. The molecule has 2 fully saturated rings. The van der Waals surface area contributed by atoms with E-state index >= 15 is 0 Å². The summed E-state index contributed by atoms with van der Waals surface area (Å²) >= 11 is 0. The van der Waals surface area contributed by atoms with Crippen molar-refractivity contribution in [3.63, 3.8) is 0 Å². The van der Waals surface area contributed by atoms with Gasteiger partial charge in [0, 0.05) is 32.4 Å². The van der Waals surface area contributed by atoms with Crippen molar-refractivity contribution in [2.24, 2.45) is 11.8 Å². The topological polar surface area (TPSA) is 106 Å². The molecule has 0 saturated carbocycles. The van der Waals surface area contributed by atoms with Crippen LogP contribution in [0.4, 0.5) is 5.69 Å². The maximum Gasteiger partial charge on any atom is 0.307 e. The molecule has 0 aliphatic carbocycles. The van der Waals surface area contributed by atoms with Gasteiger partial charge in [0.2, 0.25) is 5.91 Å². The first-order valence-electron chi connectivity index (χ1n) is 12.4. The van der Waals surface area contributed by atoms with Crippen LogP contribution in [-0.2, 0) is 11.3 Å². The van der Waals surface area contributed by atoms with Gasteiger partial charge in [0.15, 0.2) is 0 Å². The molecule has 2 atom stereocenters. The van der Waals surface area contributed by atoms with Gasteiger partial charge >= 0.3 is 5.69 Å². The van der Waals surface area contributed by atoms with E-state index in [-0.39, 0.29) is 30.0 Å². The van der Waals surface area contributed by atoms with Crippen molar-refractivity contribution >= 4 is 23.0 Å². The second-order valence-corrected chi connectivity index (χ2v) is 9.78. The Morgan fingerprint density at radius 2 is 1.76 bits per heavy atom. The molecule has 0 radical (unpaired) electrons. The Morgan fingerprint density at radius 1 is 1.00 bits per heavy atom. The second kappa shape index (κ2) is 9.20. The van der Waals surface area contributed by atoms with Crippen LogP contribution >= 0.6 is 0 Å². The van der Waals surface area contributed by atoms with E-state index in [1.54, 1.807) is 4.90 Å². The lowest BCUT2D eigenvalue weighted by molar-refractivity contribution is -0.385. The summed E-state index contributed by atoms with van der Waals surface area (Å²) in [5, 5.41) is 14.8. The molecule has 2 saturated heterocycles. The predicted molar refractivity (Wildman–Crippen MR) is 136 cm³/mol. The average Bonchev–Trinajstić information content (AvgIpc) is 3.65. The van der Waals surface area contributed by atoms with E-state index in [0.717, 1.165) is 29.4 Å². The highest BCUT2D eigenvalue weighted by atomic mass is 16.6. The molecule has 0 unspecified atom stereocenters. The molecule has 2 amide bonds. The lowest BCUT2D eigenvalue weighted by atomic mass is 9.88. The van der Waals surface area contributed by atoms with Gasteiger partial charge in [-0.3, -0.25) is 24.4 Å². The highest BCUT2D eigenvalue weighted by Crippen LogP contribution is 2.33. The maximum absolute atomic E-state index is 13.7. The number of hydrogen-bond acceptors (Lipinski definition) is 5. The molecule has 37 heavy (non-hydrogen) atoms. The van der Waals surface area contributed by atoms with Crippen LogP contribution in [0, 0.1) is 22.0 Å². The van der Waals surface area contributed by atoms with Crippen LogP contribution in [0.3, 0.4) is 0 Å². The van der Waals surface area contributed by atoms with E-state index in [4.69, 9.17) is 0 Å². The standard InChI is InChI=1S/C27H26N6O4/c34-26(18-31-17-22(13-28-31)33(36)37)30-14-20-9-11-29(15-21(20)16-30)27(35)23-12-25(19-6-2-1-3-7-19)32-10-5-4-8-24(23)32/h1-8,10,12-13,17,20-21H,9,11,14-16,18H2/t20-,21+/m1/s1. The molecular formula is C27H26N6O4. The quantitative estimate of drug-likeness (QED) is 0.310. The third kappa shape index (κ3) is 4.24. The number of amides is 2. The van der Waals surface area contributed by atoms with Crippen LogP contribution in [0.15, 0.2) is 73.2 Å². The first-order chi connectivity index (χ1) is 18.0. The van der Waals surface area contributed by atoms with E-state index < -0.39 is 4.92 Å². The van der Waals surface area contributed by atoms with Gasteiger partial charge in [-0.05, 0) is 42.0 Å². The zero-order valence-electron chi connectivity index (χ0n) is 20.1. The van der Waals surface area contributed by atoms with E-state index in [1.807, 2.05) is 65.7 Å². The van der Waals surface area contributed by atoms with E-state index in [1.165, 1.54) is 10.9 Å². The second-order valence-electron chi connectivity index (χ2n) is 9.78. The van der Waals surface area contributed by atoms with Crippen LogP contribution in [-0.4, -0.2) is 66.9 Å². The molecule has 0 bridgehead atoms. The van der Waals surface area contributed by atoms with Crippen molar-refractivity contribution in [1.29, 1.82) is 0 Å². The maximum atomic E-state index is 13.7. The summed E-state index contributed by atoms with van der Waals surface area (Å²) in [7, 11) is 0. The Morgan fingerprint density at radius 3 is 2.54 bits per heavy atom. The van der Waals surface area contributed by atoms with Crippen LogP contribution in [0.2, 0.25) is 0 Å². The molecule has 0 spiro atoms. The van der Waals surface area contributed by atoms with Gasteiger partial charge in [0.05, 0.1) is 21.7 Å². The third-order valence-electron chi connectivity index (χ3n) is 7.55.